The highest BCUT2D eigenvalue weighted by molar-refractivity contribution is 5.97. The molecule has 1 aliphatic rings. The SMILES string of the molecule is COc1ccc(F)cc1-c1ccnc2[nH]c(C3=CCN(C(=O)Nc4ccccc4)CC3)cc12. The summed E-state index contributed by atoms with van der Waals surface area (Å²) in [5, 5.41) is 3.82. The lowest BCUT2D eigenvalue weighted by molar-refractivity contribution is 0.217. The topological polar surface area (TPSA) is 70.2 Å². The van der Waals surface area contributed by atoms with Crippen molar-refractivity contribution < 1.29 is 13.9 Å². The first kappa shape index (κ1) is 20.8. The van der Waals surface area contributed by atoms with E-state index in [-0.39, 0.29) is 11.8 Å². The maximum atomic E-state index is 14.0. The van der Waals surface area contributed by atoms with Gasteiger partial charge in [0.15, 0.2) is 0 Å². The first-order valence-electron chi connectivity index (χ1n) is 10.7. The molecule has 0 radical (unpaired) electrons. The number of fused-ring (bicyclic) bond motifs is 1. The van der Waals surface area contributed by atoms with E-state index in [4.69, 9.17) is 4.74 Å². The van der Waals surface area contributed by atoms with E-state index < -0.39 is 0 Å². The van der Waals surface area contributed by atoms with Crippen molar-refractivity contribution in [2.24, 2.45) is 0 Å². The van der Waals surface area contributed by atoms with Crippen LogP contribution in [0.2, 0.25) is 0 Å². The van der Waals surface area contributed by atoms with Crippen LogP contribution in [0.4, 0.5) is 14.9 Å². The van der Waals surface area contributed by atoms with Crippen LogP contribution >= 0.6 is 0 Å². The van der Waals surface area contributed by atoms with E-state index in [1.54, 1.807) is 24.3 Å². The van der Waals surface area contributed by atoms with Gasteiger partial charge in [0.2, 0.25) is 0 Å². The largest absolute Gasteiger partial charge is 0.496 e. The highest BCUT2D eigenvalue weighted by atomic mass is 19.1. The Morgan fingerprint density at radius 2 is 1.97 bits per heavy atom. The van der Waals surface area contributed by atoms with E-state index in [2.05, 4.69) is 21.4 Å². The normalized spacial score (nSPS) is 13.6. The van der Waals surface area contributed by atoms with Gasteiger partial charge in [-0.15, -0.1) is 0 Å². The predicted molar refractivity (Wildman–Crippen MR) is 128 cm³/mol. The van der Waals surface area contributed by atoms with E-state index in [1.807, 2.05) is 42.5 Å². The molecular weight excluding hydrogens is 419 g/mol. The van der Waals surface area contributed by atoms with Crippen LogP contribution in [0.15, 0.2) is 72.9 Å². The number of ether oxygens (including phenoxy) is 1. The summed E-state index contributed by atoms with van der Waals surface area (Å²) >= 11 is 0. The molecular formula is C26H23FN4O2. The average Bonchev–Trinajstić information content (AvgIpc) is 3.29. The summed E-state index contributed by atoms with van der Waals surface area (Å²) in [7, 11) is 1.57. The molecule has 0 unspecified atom stereocenters. The number of hydrogen-bond acceptors (Lipinski definition) is 3. The van der Waals surface area contributed by atoms with Crippen LogP contribution in [-0.2, 0) is 0 Å². The second kappa shape index (κ2) is 8.78. The number of urea groups is 1. The summed E-state index contributed by atoms with van der Waals surface area (Å²) in [6.45, 7) is 1.12. The molecule has 2 N–H and O–H groups in total. The van der Waals surface area contributed by atoms with Crippen molar-refractivity contribution >= 4 is 28.3 Å². The van der Waals surface area contributed by atoms with Crippen molar-refractivity contribution in [2.75, 3.05) is 25.5 Å². The third-order valence-corrected chi connectivity index (χ3v) is 5.85. The number of carbonyl (C=O) groups is 1. The summed E-state index contributed by atoms with van der Waals surface area (Å²) in [6, 6.07) is 17.7. The van der Waals surface area contributed by atoms with Crippen molar-refractivity contribution in [3.8, 4) is 16.9 Å². The minimum Gasteiger partial charge on any atom is -0.496 e. The zero-order chi connectivity index (χ0) is 22.8. The monoisotopic (exact) mass is 442 g/mol. The molecule has 2 amide bonds. The van der Waals surface area contributed by atoms with Crippen LogP contribution in [0.1, 0.15) is 12.1 Å². The Kier molecular flexibility index (Phi) is 5.52. The molecule has 6 nitrogen and oxygen atoms in total. The zero-order valence-electron chi connectivity index (χ0n) is 18.1. The number of carbonyl (C=O) groups excluding carboxylic acids is 1. The van der Waals surface area contributed by atoms with E-state index in [0.29, 0.717) is 30.8 Å². The molecule has 5 rings (SSSR count). The molecule has 0 spiro atoms. The summed E-state index contributed by atoms with van der Waals surface area (Å²) in [6.07, 6.45) is 4.47. The fraction of sp³-hybridized carbons (Fsp3) is 0.154. The van der Waals surface area contributed by atoms with Crippen LogP contribution in [0.3, 0.4) is 0 Å². The number of hydrogen-bond donors (Lipinski definition) is 2. The third-order valence-electron chi connectivity index (χ3n) is 5.85. The molecule has 0 fully saturated rings. The number of aromatic nitrogens is 2. The molecule has 33 heavy (non-hydrogen) atoms. The summed E-state index contributed by atoms with van der Waals surface area (Å²) in [5.41, 5.74) is 5.09. The van der Waals surface area contributed by atoms with Crippen LogP contribution in [0.5, 0.6) is 5.75 Å². The number of para-hydroxylation sites is 1. The molecule has 1 aliphatic heterocycles. The second-order valence-electron chi connectivity index (χ2n) is 7.87. The van der Waals surface area contributed by atoms with Gasteiger partial charge in [-0.25, -0.2) is 14.2 Å². The van der Waals surface area contributed by atoms with Gasteiger partial charge in [0, 0.05) is 41.6 Å². The molecule has 166 valence electrons. The number of pyridine rings is 1. The Morgan fingerprint density at radius 3 is 2.73 bits per heavy atom. The maximum Gasteiger partial charge on any atom is 0.322 e. The lowest BCUT2D eigenvalue weighted by Gasteiger charge is -2.26. The van der Waals surface area contributed by atoms with Gasteiger partial charge in [-0.1, -0.05) is 24.3 Å². The Morgan fingerprint density at radius 1 is 1.12 bits per heavy atom. The molecule has 0 bridgehead atoms. The van der Waals surface area contributed by atoms with E-state index >= 15 is 0 Å². The van der Waals surface area contributed by atoms with Gasteiger partial charge < -0.3 is 19.9 Å². The number of nitrogens with zero attached hydrogens (tertiary/aromatic N) is 2. The number of rotatable bonds is 4. The van der Waals surface area contributed by atoms with E-state index in [0.717, 1.165) is 33.6 Å². The van der Waals surface area contributed by atoms with Crippen molar-refractivity contribution in [3.05, 3.63) is 84.4 Å². The van der Waals surface area contributed by atoms with Gasteiger partial charge in [0.25, 0.3) is 0 Å². The Hall–Kier alpha value is -4.13. The lowest BCUT2D eigenvalue weighted by Crippen LogP contribution is -2.37. The molecule has 0 atom stereocenters. The lowest BCUT2D eigenvalue weighted by atomic mass is 10.0. The number of halogens is 1. The van der Waals surface area contributed by atoms with Gasteiger partial charge in [0.1, 0.15) is 17.2 Å². The van der Waals surface area contributed by atoms with Crippen molar-refractivity contribution in [3.63, 3.8) is 0 Å². The Labute approximate surface area is 190 Å². The standard InChI is InChI=1S/C26H23FN4O2/c1-33-24-8-7-18(27)15-21(24)20-9-12-28-25-22(20)16-23(30-25)17-10-13-31(14-11-17)26(32)29-19-5-3-2-4-6-19/h2-10,12,15-16H,11,13-14H2,1H3,(H,28,30)(H,29,32). The number of anilines is 1. The van der Waals surface area contributed by atoms with Crippen LogP contribution in [-0.4, -0.2) is 41.1 Å². The quantitative estimate of drug-likeness (QED) is 0.426. The summed E-state index contributed by atoms with van der Waals surface area (Å²) in [5.74, 6) is 0.277. The van der Waals surface area contributed by atoms with Gasteiger partial charge in [-0.3, -0.25) is 0 Å². The van der Waals surface area contributed by atoms with Gasteiger partial charge in [0.05, 0.1) is 7.11 Å². The van der Waals surface area contributed by atoms with Crippen LogP contribution in [0, 0.1) is 5.82 Å². The average molecular weight is 442 g/mol. The van der Waals surface area contributed by atoms with Crippen molar-refractivity contribution in [1.82, 2.24) is 14.9 Å². The maximum absolute atomic E-state index is 14.0. The third kappa shape index (κ3) is 4.17. The molecule has 0 saturated carbocycles. The van der Waals surface area contributed by atoms with E-state index in [9.17, 15) is 9.18 Å². The fourth-order valence-electron chi connectivity index (χ4n) is 4.15. The molecule has 0 aliphatic carbocycles. The highest BCUT2D eigenvalue weighted by Gasteiger charge is 2.20. The fourth-order valence-corrected chi connectivity index (χ4v) is 4.15. The van der Waals surface area contributed by atoms with E-state index in [1.165, 1.54) is 12.1 Å². The highest BCUT2D eigenvalue weighted by Crippen LogP contribution is 2.36. The van der Waals surface area contributed by atoms with Gasteiger partial charge >= 0.3 is 6.03 Å². The smallest absolute Gasteiger partial charge is 0.322 e. The zero-order valence-corrected chi connectivity index (χ0v) is 18.1. The second-order valence-corrected chi connectivity index (χ2v) is 7.87. The Bertz CT molecular complexity index is 1350. The molecule has 7 heteroatoms. The van der Waals surface area contributed by atoms with Crippen molar-refractivity contribution in [2.45, 2.75) is 6.42 Å². The predicted octanol–water partition coefficient (Wildman–Crippen LogP) is 5.70. The number of H-pyrrole nitrogens is 1. The molecule has 3 heterocycles. The number of nitrogens with one attached hydrogen (secondary N) is 2. The minimum absolute atomic E-state index is 0.115. The molecule has 4 aromatic rings. The number of amides is 2. The summed E-state index contributed by atoms with van der Waals surface area (Å²) in [4.78, 5) is 22.2. The van der Waals surface area contributed by atoms with Crippen LogP contribution < -0.4 is 10.1 Å². The van der Waals surface area contributed by atoms with Crippen molar-refractivity contribution in [1.29, 1.82) is 0 Å². The minimum atomic E-state index is -0.324. The van der Waals surface area contributed by atoms with Gasteiger partial charge in [-0.2, -0.15) is 0 Å². The molecule has 2 aromatic heterocycles. The summed E-state index contributed by atoms with van der Waals surface area (Å²) < 4.78 is 19.4. The number of methoxy groups -OCH3 is 1. The van der Waals surface area contributed by atoms with Gasteiger partial charge in [-0.05, 0) is 60.0 Å². The first-order valence-corrected chi connectivity index (χ1v) is 10.7. The molecule has 0 saturated heterocycles. The number of benzene rings is 2. The number of aromatic amines is 1. The van der Waals surface area contributed by atoms with Crippen LogP contribution in [0.25, 0.3) is 27.7 Å². The first-order chi connectivity index (χ1) is 16.1. The Balaban J connectivity index is 1.40. The molecule has 2 aromatic carbocycles.